The Kier molecular flexibility index (Phi) is 4.85. The Labute approximate surface area is 121 Å². The zero-order chi connectivity index (χ0) is 14.5. The summed E-state index contributed by atoms with van der Waals surface area (Å²) in [4.78, 5) is 9.22. The second-order valence-corrected chi connectivity index (χ2v) is 5.39. The highest BCUT2D eigenvalue weighted by atomic mass is 14.9. The number of hydrogen-bond acceptors (Lipinski definition) is 3. The minimum Gasteiger partial charge on any atom is -0.327 e. The molecule has 0 amide bonds. The van der Waals surface area contributed by atoms with Crippen LogP contribution in [-0.2, 0) is 12.8 Å². The third-order valence-corrected chi connectivity index (χ3v) is 3.56. The van der Waals surface area contributed by atoms with E-state index >= 15 is 0 Å². The number of nitrogens with zero attached hydrogens (tertiary/aromatic N) is 2. The van der Waals surface area contributed by atoms with Gasteiger partial charge in [-0.1, -0.05) is 31.2 Å². The van der Waals surface area contributed by atoms with Gasteiger partial charge in [-0.25, -0.2) is 9.97 Å². The maximum atomic E-state index is 6.02. The Morgan fingerprint density at radius 3 is 2.60 bits per heavy atom. The van der Waals surface area contributed by atoms with Gasteiger partial charge in [-0.3, -0.25) is 0 Å². The number of aromatic nitrogens is 2. The topological polar surface area (TPSA) is 51.8 Å². The van der Waals surface area contributed by atoms with Crippen LogP contribution in [0.25, 0.3) is 0 Å². The van der Waals surface area contributed by atoms with Crippen molar-refractivity contribution in [2.45, 2.75) is 46.1 Å². The van der Waals surface area contributed by atoms with E-state index in [2.05, 4.69) is 48.1 Å². The molecule has 0 aliphatic rings. The van der Waals surface area contributed by atoms with Gasteiger partial charge in [-0.05, 0) is 37.5 Å². The Morgan fingerprint density at radius 1 is 1.15 bits per heavy atom. The van der Waals surface area contributed by atoms with E-state index < -0.39 is 0 Å². The van der Waals surface area contributed by atoms with Crippen LogP contribution < -0.4 is 5.73 Å². The van der Waals surface area contributed by atoms with Crippen LogP contribution >= 0.6 is 0 Å². The van der Waals surface area contributed by atoms with Gasteiger partial charge in [-0.2, -0.15) is 0 Å². The first-order valence-electron chi connectivity index (χ1n) is 7.22. The molecule has 3 heteroatoms. The van der Waals surface area contributed by atoms with E-state index in [1.54, 1.807) is 0 Å². The van der Waals surface area contributed by atoms with Gasteiger partial charge in [0.2, 0.25) is 0 Å². The zero-order valence-electron chi connectivity index (χ0n) is 12.6. The van der Waals surface area contributed by atoms with Crippen LogP contribution in [0.15, 0.2) is 30.3 Å². The van der Waals surface area contributed by atoms with Crippen molar-refractivity contribution < 1.29 is 0 Å². The summed E-state index contributed by atoms with van der Waals surface area (Å²) in [6.45, 7) is 6.25. The van der Waals surface area contributed by atoms with Crippen molar-refractivity contribution in [3.05, 3.63) is 58.7 Å². The molecule has 0 saturated heterocycles. The molecule has 1 aromatic carbocycles. The monoisotopic (exact) mass is 269 g/mol. The molecule has 0 saturated carbocycles. The predicted molar refractivity (Wildman–Crippen MR) is 82.7 cm³/mol. The van der Waals surface area contributed by atoms with Crippen LogP contribution in [0.1, 0.15) is 41.7 Å². The molecule has 106 valence electrons. The summed E-state index contributed by atoms with van der Waals surface area (Å²) in [5.41, 5.74) is 10.7. The average molecular weight is 269 g/mol. The van der Waals surface area contributed by atoms with Crippen LogP contribution in [-0.4, -0.2) is 16.0 Å². The molecule has 1 unspecified atom stereocenters. The second kappa shape index (κ2) is 6.62. The first-order valence-corrected chi connectivity index (χ1v) is 7.22. The van der Waals surface area contributed by atoms with E-state index in [9.17, 15) is 0 Å². The summed E-state index contributed by atoms with van der Waals surface area (Å²) in [5.74, 6) is 0.887. The number of hydrogen-bond donors (Lipinski definition) is 1. The first-order chi connectivity index (χ1) is 9.58. The van der Waals surface area contributed by atoms with E-state index in [0.717, 1.165) is 36.5 Å². The SMILES string of the molecule is CCC(N)Cc1cc(C)nc(Cc2ccccc2C)n1. The van der Waals surface area contributed by atoms with Gasteiger partial charge in [0.25, 0.3) is 0 Å². The summed E-state index contributed by atoms with van der Waals surface area (Å²) in [7, 11) is 0. The number of benzene rings is 1. The molecule has 1 atom stereocenters. The van der Waals surface area contributed by atoms with Gasteiger partial charge in [0.1, 0.15) is 5.82 Å². The molecule has 2 N–H and O–H groups in total. The van der Waals surface area contributed by atoms with E-state index in [-0.39, 0.29) is 6.04 Å². The standard InChI is InChI=1S/C17H23N3/c1-4-15(18)11-16-9-13(3)19-17(20-16)10-14-8-6-5-7-12(14)2/h5-9,15H,4,10-11,18H2,1-3H3. The Hall–Kier alpha value is -1.74. The molecule has 0 radical (unpaired) electrons. The summed E-state index contributed by atoms with van der Waals surface area (Å²) in [6, 6.07) is 10.6. The molecule has 2 aromatic rings. The number of rotatable bonds is 5. The average Bonchev–Trinajstić information content (AvgIpc) is 2.40. The minimum atomic E-state index is 0.176. The highest BCUT2D eigenvalue weighted by molar-refractivity contribution is 5.28. The van der Waals surface area contributed by atoms with Crippen molar-refractivity contribution in [2.24, 2.45) is 5.73 Å². The lowest BCUT2D eigenvalue weighted by Crippen LogP contribution is -2.22. The molecule has 2 rings (SSSR count). The Morgan fingerprint density at radius 2 is 1.90 bits per heavy atom. The van der Waals surface area contributed by atoms with E-state index in [1.807, 2.05) is 13.0 Å². The van der Waals surface area contributed by atoms with Crippen molar-refractivity contribution in [1.29, 1.82) is 0 Å². The van der Waals surface area contributed by atoms with Gasteiger partial charge in [0.15, 0.2) is 0 Å². The molecule has 0 fully saturated rings. The summed E-state index contributed by atoms with van der Waals surface area (Å²) < 4.78 is 0. The van der Waals surface area contributed by atoms with E-state index in [4.69, 9.17) is 5.73 Å². The third-order valence-electron chi connectivity index (χ3n) is 3.56. The van der Waals surface area contributed by atoms with Crippen molar-refractivity contribution in [3.63, 3.8) is 0 Å². The molecule has 1 aromatic heterocycles. The fourth-order valence-electron chi connectivity index (χ4n) is 2.28. The molecule has 3 nitrogen and oxygen atoms in total. The predicted octanol–water partition coefficient (Wildman–Crippen LogP) is 2.96. The lowest BCUT2D eigenvalue weighted by atomic mass is 10.1. The van der Waals surface area contributed by atoms with Crippen molar-refractivity contribution in [1.82, 2.24) is 9.97 Å². The molecule has 0 aliphatic heterocycles. The number of nitrogens with two attached hydrogens (primary N) is 1. The van der Waals surface area contributed by atoms with Crippen molar-refractivity contribution >= 4 is 0 Å². The van der Waals surface area contributed by atoms with E-state index in [0.29, 0.717) is 0 Å². The molecule has 20 heavy (non-hydrogen) atoms. The van der Waals surface area contributed by atoms with Crippen LogP contribution in [0.2, 0.25) is 0 Å². The molecule has 0 aliphatic carbocycles. The minimum absolute atomic E-state index is 0.176. The van der Waals surface area contributed by atoms with Gasteiger partial charge in [-0.15, -0.1) is 0 Å². The van der Waals surface area contributed by atoms with Crippen LogP contribution in [0.4, 0.5) is 0 Å². The molecule has 0 bridgehead atoms. The lowest BCUT2D eigenvalue weighted by Gasteiger charge is -2.11. The Bertz CT molecular complexity index is 578. The van der Waals surface area contributed by atoms with Crippen molar-refractivity contribution in [3.8, 4) is 0 Å². The van der Waals surface area contributed by atoms with Crippen LogP contribution in [0.5, 0.6) is 0 Å². The normalized spacial score (nSPS) is 12.4. The molecular formula is C17H23N3. The summed E-state index contributed by atoms with van der Waals surface area (Å²) in [6.07, 6.45) is 2.57. The quantitative estimate of drug-likeness (QED) is 0.908. The smallest absolute Gasteiger partial charge is 0.133 e. The highest BCUT2D eigenvalue weighted by Crippen LogP contribution is 2.12. The molecule has 0 spiro atoms. The molecule has 1 heterocycles. The third kappa shape index (κ3) is 3.87. The summed E-state index contributed by atoms with van der Waals surface area (Å²) in [5, 5.41) is 0. The number of aryl methyl sites for hydroxylation is 2. The fraction of sp³-hybridized carbons (Fsp3) is 0.412. The van der Waals surface area contributed by atoms with Crippen molar-refractivity contribution in [2.75, 3.05) is 0 Å². The Balaban J connectivity index is 2.22. The van der Waals surface area contributed by atoms with Gasteiger partial charge in [0.05, 0.1) is 0 Å². The summed E-state index contributed by atoms with van der Waals surface area (Å²) >= 11 is 0. The van der Waals surface area contributed by atoms with Gasteiger partial charge >= 0.3 is 0 Å². The lowest BCUT2D eigenvalue weighted by molar-refractivity contribution is 0.632. The maximum Gasteiger partial charge on any atom is 0.133 e. The fourth-order valence-corrected chi connectivity index (χ4v) is 2.28. The van der Waals surface area contributed by atoms with Gasteiger partial charge < -0.3 is 5.73 Å². The highest BCUT2D eigenvalue weighted by Gasteiger charge is 2.08. The second-order valence-electron chi connectivity index (χ2n) is 5.39. The van der Waals surface area contributed by atoms with Crippen LogP contribution in [0.3, 0.4) is 0 Å². The zero-order valence-corrected chi connectivity index (χ0v) is 12.6. The largest absolute Gasteiger partial charge is 0.327 e. The van der Waals surface area contributed by atoms with Crippen LogP contribution in [0, 0.1) is 13.8 Å². The maximum absolute atomic E-state index is 6.02. The van der Waals surface area contributed by atoms with E-state index in [1.165, 1.54) is 11.1 Å². The first kappa shape index (κ1) is 14.7. The van der Waals surface area contributed by atoms with Gasteiger partial charge in [0, 0.05) is 30.3 Å². The molecular weight excluding hydrogens is 246 g/mol.